The van der Waals surface area contributed by atoms with E-state index in [1.165, 1.54) is 57.8 Å². The van der Waals surface area contributed by atoms with Crippen LogP contribution in [0, 0.1) is 0 Å². The van der Waals surface area contributed by atoms with Crippen LogP contribution in [-0.2, 0) is 24.0 Å². The summed E-state index contributed by atoms with van der Waals surface area (Å²) < 4.78 is 0. The molecule has 0 radical (unpaired) electrons. The summed E-state index contributed by atoms with van der Waals surface area (Å²) in [5, 5.41) is 3.20. The maximum Gasteiger partial charge on any atom is 0.334 e. The Kier molecular flexibility index (Phi) is 13.8. The topological polar surface area (TPSA) is 92.8 Å². The third-order valence-electron chi connectivity index (χ3n) is 5.11. The lowest BCUT2D eigenvalue weighted by Crippen LogP contribution is -2.33. The molecule has 0 aromatic carbocycles. The van der Waals surface area contributed by atoms with Gasteiger partial charge >= 0.3 is 5.97 Å². The lowest BCUT2D eigenvalue weighted by molar-refractivity contribution is -0.197. The molecule has 1 heterocycles. The number of nitrogens with zero attached hydrogens (tertiary/aromatic N) is 1. The number of unbranched alkanes of at least 4 members (excludes halogenated alkanes) is 11. The second-order valence-corrected chi connectivity index (χ2v) is 7.78. The first-order valence-electron chi connectivity index (χ1n) is 11.4. The van der Waals surface area contributed by atoms with E-state index < -0.39 is 17.8 Å². The van der Waals surface area contributed by atoms with Gasteiger partial charge in [0.25, 0.3) is 11.8 Å². The maximum absolute atomic E-state index is 11.8. The molecule has 1 fully saturated rings. The zero-order valence-corrected chi connectivity index (χ0v) is 18.0. The quantitative estimate of drug-likeness (QED) is 0.287. The first-order valence-corrected chi connectivity index (χ1v) is 11.4. The highest BCUT2D eigenvalue weighted by atomic mass is 16.7. The summed E-state index contributed by atoms with van der Waals surface area (Å²) in [6.07, 6.45) is 15.5. The van der Waals surface area contributed by atoms with E-state index in [9.17, 15) is 19.2 Å². The van der Waals surface area contributed by atoms with Gasteiger partial charge in [0.1, 0.15) is 0 Å². The molecule has 7 nitrogen and oxygen atoms in total. The van der Waals surface area contributed by atoms with Crippen LogP contribution >= 0.6 is 0 Å². The van der Waals surface area contributed by atoms with Crippen molar-refractivity contribution in [2.45, 2.75) is 110 Å². The first kappa shape index (κ1) is 25.1. The van der Waals surface area contributed by atoms with Gasteiger partial charge in [-0.05, 0) is 6.42 Å². The standard InChI is InChI=1S/C22H38N2O5/c1-2-3-4-5-6-7-8-9-10-11-12-13-14-19(25)23-18-17-22(28)29-24-20(26)15-16-21(24)27/h2-18H2,1H3,(H,23,25). The van der Waals surface area contributed by atoms with Gasteiger partial charge in [0, 0.05) is 25.8 Å². The van der Waals surface area contributed by atoms with E-state index in [0.29, 0.717) is 11.5 Å². The number of hydrogen-bond acceptors (Lipinski definition) is 5. The molecule has 0 unspecified atom stereocenters. The fourth-order valence-electron chi connectivity index (χ4n) is 3.32. The van der Waals surface area contributed by atoms with E-state index in [1.807, 2.05) is 0 Å². The van der Waals surface area contributed by atoms with Crippen LogP contribution < -0.4 is 5.32 Å². The molecular weight excluding hydrogens is 372 g/mol. The van der Waals surface area contributed by atoms with Gasteiger partial charge in [0.2, 0.25) is 5.91 Å². The molecule has 0 aromatic heterocycles. The van der Waals surface area contributed by atoms with Crippen molar-refractivity contribution in [3.63, 3.8) is 0 Å². The van der Waals surface area contributed by atoms with E-state index in [4.69, 9.17) is 4.84 Å². The van der Waals surface area contributed by atoms with Crippen molar-refractivity contribution in [2.75, 3.05) is 6.54 Å². The van der Waals surface area contributed by atoms with Gasteiger partial charge in [0.15, 0.2) is 0 Å². The molecule has 0 aromatic rings. The summed E-state index contributed by atoms with van der Waals surface area (Å²) in [7, 11) is 0. The molecule has 3 amide bonds. The maximum atomic E-state index is 11.8. The van der Waals surface area contributed by atoms with E-state index in [-0.39, 0.29) is 31.7 Å². The molecule has 0 spiro atoms. The van der Waals surface area contributed by atoms with Gasteiger partial charge < -0.3 is 10.2 Å². The van der Waals surface area contributed by atoms with E-state index in [0.717, 1.165) is 19.3 Å². The summed E-state index contributed by atoms with van der Waals surface area (Å²) in [5.74, 6) is -1.78. The summed E-state index contributed by atoms with van der Waals surface area (Å²) >= 11 is 0. The SMILES string of the molecule is CCCCCCCCCCCCCCC(=O)NCCC(=O)ON1C(=O)CCC1=O. The van der Waals surface area contributed by atoms with E-state index in [1.54, 1.807) is 0 Å². The summed E-state index contributed by atoms with van der Waals surface area (Å²) in [4.78, 5) is 50.8. The normalized spacial score (nSPS) is 13.8. The Morgan fingerprint density at radius 2 is 1.28 bits per heavy atom. The number of rotatable bonds is 17. The minimum absolute atomic E-state index is 0.0682. The number of carbonyl (C=O) groups excluding carboxylic acids is 4. The van der Waals surface area contributed by atoms with Crippen LogP contribution in [0.4, 0.5) is 0 Å². The molecule has 166 valence electrons. The van der Waals surface area contributed by atoms with E-state index >= 15 is 0 Å². The molecular formula is C22H38N2O5. The Hall–Kier alpha value is -1.92. The van der Waals surface area contributed by atoms with Crippen LogP contribution in [0.2, 0.25) is 0 Å². The molecule has 1 saturated heterocycles. The second kappa shape index (κ2) is 15.9. The molecule has 0 saturated carbocycles. The molecule has 1 aliphatic heterocycles. The average molecular weight is 411 g/mol. The summed E-state index contributed by atoms with van der Waals surface area (Å²) in [5.41, 5.74) is 0. The largest absolute Gasteiger partial charge is 0.356 e. The third-order valence-corrected chi connectivity index (χ3v) is 5.11. The molecule has 1 rings (SSSR count). The number of carbonyl (C=O) groups is 4. The van der Waals surface area contributed by atoms with Gasteiger partial charge in [-0.2, -0.15) is 0 Å². The Bertz CT molecular complexity index is 505. The fourth-order valence-corrected chi connectivity index (χ4v) is 3.32. The summed E-state index contributed by atoms with van der Waals surface area (Å²) in [6.45, 7) is 2.39. The number of hydroxylamine groups is 2. The van der Waals surface area contributed by atoms with Crippen molar-refractivity contribution in [1.82, 2.24) is 10.4 Å². The highest BCUT2D eigenvalue weighted by Crippen LogP contribution is 2.13. The Morgan fingerprint density at radius 3 is 1.79 bits per heavy atom. The fraction of sp³-hybridized carbons (Fsp3) is 0.818. The van der Waals surface area contributed by atoms with Gasteiger partial charge in [0.05, 0.1) is 6.42 Å². The minimum Gasteiger partial charge on any atom is -0.356 e. The number of hydrogen-bond donors (Lipinski definition) is 1. The zero-order valence-electron chi connectivity index (χ0n) is 18.0. The van der Waals surface area contributed by atoms with Crippen LogP contribution in [0.1, 0.15) is 110 Å². The van der Waals surface area contributed by atoms with Gasteiger partial charge in [-0.3, -0.25) is 14.4 Å². The predicted molar refractivity (Wildman–Crippen MR) is 111 cm³/mol. The van der Waals surface area contributed by atoms with Crippen molar-refractivity contribution in [3.8, 4) is 0 Å². The zero-order chi connectivity index (χ0) is 21.3. The lowest BCUT2D eigenvalue weighted by atomic mass is 10.0. The molecule has 0 bridgehead atoms. The Morgan fingerprint density at radius 1 is 0.793 bits per heavy atom. The van der Waals surface area contributed by atoms with Crippen molar-refractivity contribution in [1.29, 1.82) is 0 Å². The first-order chi connectivity index (χ1) is 14.0. The van der Waals surface area contributed by atoms with Gasteiger partial charge in [-0.15, -0.1) is 5.06 Å². The van der Waals surface area contributed by atoms with Crippen molar-refractivity contribution in [3.05, 3.63) is 0 Å². The predicted octanol–water partition coefficient (Wildman–Crippen LogP) is 4.19. The third kappa shape index (κ3) is 12.3. The van der Waals surface area contributed by atoms with E-state index in [2.05, 4.69) is 12.2 Å². The Labute approximate surface area is 174 Å². The average Bonchev–Trinajstić information content (AvgIpc) is 3.01. The Balaban J connectivity index is 1.88. The monoisotopic (exact) mass is 410 g/mol. The van der Waals surface area contributed by atoms with Crippen LogP contribution in [0.25, 0.3) is 0 Å². The highest BCUT2D eigenvalue weighted by Gasteiger charge is 2.32. The second-order valence-electron chi connectivity index (χ2n) is 7.78. The molecule has 0 atom stereocenters. The van der Waals surface area contributed by atoms with Crippen LogP contribution in [0.5, 0.6) is 0 Å². The van der Waals surface area contributed by atoms with Crippen LogP contribution in [-0.4, -0.2) is 35.3 Å². The molecule has 29 heavy (non-hydrogen) atoms. The highest BCUT2D eigenvalue weighted by molar-refractivity contribution is 6.01. The molecule has 1 N–H and O–H groups in total. The number of amides is 3. The van der Waals surface area contributed by atoms with Gasteiger partial charge in [-0.1, -0.05) is 77.6 Å². The number of nitrogens with one attached hydrogen (secondary N) is 1. The molecule has 0 aliphatic carbocycles. The van der Waals surface area contributed by atoms with Crippen molar-refractivity contribution in [2.24, 2.45) is 0 Å². The smallest absolute Gasteiger partial charge is 0.334 e. The van der Waals surface area contributed by atoms with Crippen LogP contribution in [0.15, 0.2) is 0 Å². The van der Waals surface area contributed by atoms with Crippen LogP contribution in [0.3, 0.4) is 0 Å². The van der Waals surface area contributed by atoms with Crippen molar-refractivity contribution < 1.29 is 24.0 Å². The van der Waals surface area contributed by atoms with Gasteiger partial charge in [-0.25, -0.2) is 4.79 Å². The molecule has 1 aliphatic rings. The summed E-state index contributed by atoms with van der Waals surface area (Å²) in [6, 6.07) is 0. The molecule has 7 heteroatoms. The lowest BCUT2D eigenvalue weighted by Gasteiger charge is -2.12. The number of imide groups is 1. The minimum atomic E-state index is -0.695. The van der Waals surface area contributed by atoms with Crippen molar-refractivity contribution >= 4 is 23.7 Å².